The van der Waals surface area contributed by atoms with Crippen LogP contribution < -0.4 is 10.9 Å². The molecule has 0 saturated carbocycles. The lowest BCUT2D eigenvalue weighted by molar-refractivity contribution is 0.0948. The van der Waals surface area contributed by atoms with Crippen LogP contribution in [0.4, 0.5) is 4.39 Å². The fraction of sp³-hybridized carbons (Fsp3) is 0.217. The maximum absolute atomic E-state index is 13.1. The summed E-state index contributed by atoms with van der Waals surface area (Å²) >= 11 is 0. The number of rotatable bonds is 7. The van der Waals surface area contributed by atoms with E-state index in [0.717, 1.165) is 11.1 Å². The zero-order chi connectivity index (χ0) is 22.7. The minimum absolute atomic E-state index is 0.165. The molecule has 1 aromatic carbocycles. The second-order valence-electron chi connectivity index (χ2n) is 7.51. The molecule has 0 aliphatic heterocycles. The molecule has 0 spiro atoms. The molecule has 0 atom stereocenters. The number of hydrogen-bond donors (Lipinski definition) is 2. The molecule has 9 heteroatoms. The van der Waals surface area contributed by atoms with Gasteiger partial charge in [0.1, 0.15) is 16.9 Å². The Bertz CT molecular complexity index is 1310. The molecule has 3 aromatic heterocycles. The largest absolute Gasteiger partial charge is 0.505 e. The van der Waals surface area contributed by atoms with Gasteiger partial charge in [-0.2, -0.15) is 0 Å². The number of nitrogens with zero attached hydrogens (tertiary/aromatic N) is 4. The Morgan fingerprint density at radius 2 is 2.00 bits per heavy atom. The molecule has 8 nitrogen and oxygen atoms in total. The summed E-state index contributed by atoms with van der Waals surface area (Å²) in [7, 11) is 1.53. The second-order valence-corrected chi connectivity index (χ2v) is 7.51. The number of pyridine rings is 2. The molecule has 4 rings (SSSR count). The number of nitrogens with one attached hydrogen (secondary N) is 1. The Hall–Kier alpha value is -4.01. The van der Waals surface area contributed by atoms with Gasteiger partial charge >= 0.3 is 0 Å². The van der Waals surface area contributed by atoms with Gasteiger partial charge in [0.2, 0.25) is 0 Å². The predicted molar refractivity (Wildman–Crippen MR) is 117 cm³/mol. The number of carbonyl (C=O) groups excluding carboxylic acids is 1. The lowest BCUT2D eigenvalue weighted by atomic mass is 10.1. The lowest BCUT2D eigenvalue weighted by Crippen LogP contribution is -2.33. The maximum atomic E-state index is 13.1. The number of fused-ring (bicyclic) bond motifs is 1. The highest BCUT2D eigenvalue weighted by Crippen LogP contribution is 2.25. The Labute approximate surface area is 183 Å². The van der Waals surface area contributed by atoms with E-state index < -0.39 is 17.2 Å². The summed E-state index contributed by atoms with van der Waals surface area (Å²) in [5.74, 6) is -1.40. The van der Waals surface area contributed by atoms with Crippen molar-refractivity contribution in [3.63, 3.8) is 0 Å². The second kappa shape index (κ2) is 9.01. The Morgan fingerprint density at radius 1 is 1.22 bits per heavy atom. The highest BCUT2D eigenvalue weighted by molar-refractivity contribution is 6.01. The van der Waals surface area contributed by atoms with Crippen LogP contribution >= 0.6 is 0 Å². The zero-order valence-corrected chi connectivity index (χ0v) is 17.5. The zero-order valence-electron chi connectivity index (χ0n) is 17.5. The molecule has 0 bridgehead atoms. The smallest absolute Gasteiger partial charge is 0.267 e. The fourth-order valence-corrected chi connectivity index (χ4v) is 3.54. The van der Waals surface area contributed by atoms with Gasteiger partial charge in [0, 0.05) is 38.7 Å². The number of hydrogen-bond acceptors (Lipinski definition) is 5. The number of amides is 1. The summed E-state index contributed by atoms with van der Waals surface area (Å²) in [5.41, 5.74) is 1.30. The molecule has 0 unspecified atom stereocenters. The quantitative estimate of drug-likeness (QED) is 0.434. The summed E-state index contributed by atoms with van der Waals surface area (Å²) in [6, 6.07) is 7.85. The van der Waals surface area contributed by atoms with E-state index in [1.165, 1.54) is 23.7 Å². The fourth-order valence-electron chi connectivity index (χ4n) is 3.54. The van der Waals surface area contributed by atoms with Crippen molar-refractivity contribution in [3.8, 4) is 5.75 Å². The van der Waals surface area contributed by atoms with Gasteiger partial charge in [-0.1, -0.05) is 12.1 Å². The third-order valence-corrected chi connectivity index (χ3v) is 5.25. The van der Waals surface area contributed by atoms with Gasteiger partial charge in [-0.25, -0.2) is 9.37 Å². The van der Waals surface area contributed by atoms with Gasteiger partial charge in [-0.05, 0) is 42.2 Å². The molecular weight excluding hydrogens is 413 g/mol. The molecule has 32 heavy (non-hydrogen) atoms. The van der Waals surface area contributed by atoms with Crippen molar-refractivity contribution in [2.75, 3.05) is 6.54 Å². The van der Waals surface area contributed by atoms with E-state index in [2.05, 4.69) is 15.3 Å². The summed E-state index contributed by atoms with van der Waals surface area (Å²) in [4.78, 5) is 33.7. The molecule has 3 heterocycles. The van der Waals surface area contributed by atoms with Gasteiger partial charge in [-0.3, -0.25) is 14.6 Å². The van der Waals surface area contributed by atoms with E-state index in [9.17, 15) is 19.1 Å². The van der Waals surface area contributed by atoms with Crippen molar-refractivity contribution in [2.24, 2.45) is 7.05 Å². The topological polar surface area (TPSA) is 102 Å². The molecule has 4 aromatic rings. The Kier molecular flexibility index (Phi) is 5.98. The molecular formula is C23H22FN5O3. The summed E-state index contributed by atoms with van der Waals surface area (Å²) in [6.07, 6.45) is 7.88. The van der Waals surface area contributed by atoms with Crippen molar-refractivity contribution < 1.29 is 14.3 Å². The molecule has 0 aliphatic rings. The van der Waals surface area contributed by atoms with Gasteiger partial charge in [0.05, 0.1) is 11.8 Å². The summed E-state index contributed by atoms with van der Waals surface area (Å²) in [5, 5.41) is 13.3. The molecule has 0 saturated heterocycles. The number of aromatic nitrogens is 4. The van der Waals surface area contributed by atoms with Crippen LogP contribution in [0.2, 0.25) is 0 Å². The molecule has 0 radical (unpaired) electrons. The Balaban J connectivity index is 1.55. The number of benzene rings is 1. The number of carbonyl (C=O) groups is 1. The minimum Gasteiger partial charge on any atom is -0.505 e. The van der Waals surface area contributed by atoms with Crippen LogP contribution in [-0.2, 0) is 20.0 Å². The van der Waals surface area contributed by atoms with Crippen LogP contribution in [-0.4, -0.2) is 36.7 Å². The van der Waals surface area contributed by atoms with E-state index in [-0.39, 0.29) is 16.9 Å². The average Bonchev–Trinajstić information content (AvgIpc) is 3.30. The number of imidazole rings is 1. The van der Waals surface area contributed by atoms with E-state index in [1.807, 2.05) is 10.8 Å². The third kappa shape index (κ3) is 4.36. The number of aromatic hydroxyl groups is 1. The predicted octanol–water partition coefficient (Wildman–Crippen LogP) is 2.39. The van der Waals surface area contributed by atoms with Crippen molar-refractivity contribution in [1.82, 2.24) is 24.4 Å². The maximum Gasteiger partial charge on any atom is 0.267 e. The van der Waals surface area contributed by atoms with Gasteiger partial charge in [-0.15, -0.1) is 0 Å². The van der Waals surface area contributed by atoms with Crippen LogP contribution in [0.25, 0.3) is 11.0 Å². The first kappa shape index (κ1) is 21.2. The normalized spacial score (nSPS) is 11.1. The van der Waals surface area contributed by atoms with Crippen molar-refractivity contribution >= 4 is 16.9 Å². The van der Waals surface area contributed by atoms with E-state index in [0.29, 0.717) is 31.4 Å². The number of aryl methyl sites for hydroxylation is 2. The highest BCUT2D eigenvalue weighted by Gasteiger charge is 2.22. The van der Waals surface area contributed by atoms with Crippen LogP contribution in [0.1, 0.15) is 27.9 Å². The Morgan fingerprint density at radius 3 is 2.72 bits per heavy atom. The van der Waals surface area contributed by atoms with Gasteiger partial charge in [0.25, 0.3) is 11.5 Å². The van der Waals surface area contributed by atoms with E-state index >= 15 is 0 Å². The SMILES string of the molecule is Cn1c(=O)c(C(=O)NCCCn2ccnc2)c(O)c2ncc(Cc3ccc(F)cc3)cc21. The van der Waals surface area contributed by atoms with Crippen LogP contribution in [0, 0.1) is 5.82 Å². The minimum atomic E-state index is -0.646. The van der Waals surface area contributed by atoms with Gasteiger partial charge in [0.15, 0.2) is 5.75 Å². The third-order valence-electron chi connectivity index (χ3n) is 5.25. The van der Waals surface area contributed by atoms with Crippen LogP contribution in [0.15, 0.2) is 60.0 Å². The first-order chi connectivity index (χ1) is 15.4. The first-order valence-corrected chi connectivity index (χ1v) is 10.1. The molecule has 1 amide bonds. The molecule has 164 valence electrons. The van der Waals surface area contributed by atoms with Crippen molar-refractivity contribution in [1.29, 1.82) is 0 Å². The first-order valence-electron chi connectivity index (χ1n) is 10.1. The van der Waals surface area contributed by atoms with Gasteiger partial charge < -0.3 is 19.6 Å². The standard InChI is InChI=1S/C23H22FN5O3/c1-28-18-12-16(11-15-3-5-17(24)6-4-15)13-27-20(18)21(30)19(23(28)32)22(31)26-7-2-9-29-10-8-25-14-29/h3-6,8,10,12-14,30H,2,7,9,11H2,1H3,(H,26,31). The molecule has 0 aliphatic carbocycles. The van der Waals surface area contributed by atoms with Crippen molar-refractivity contribution in [3.05, 3.63) is 88.1 Å². The highest BCUT2D eigenvalue weighted by atomic mass is 19.1. The monoisotopic (exact) mass is 435 g/mol. The summed E-state index contributed by atoms with van der Waals surface area (Å²) < 4.78 is 16.3. The van der Waals surface area contributed by atoms with E-state index in [4.69, 9.17) is 0 Å². The summed E-state index contributed by atoms with van der Waals surface area (Å²) in [6.45, 7) is 1.00. The molecule has 0 fully saturated rings. The van der Waals surface area contributed by atoms with Crippen LogP contribution in [0.3, 0.4) is 0 Å². The van der Waals surface area contributed by atoms with Crippen molar-refractivity contribution in [2.45, 2.75) is 19.4 Å². The number of halogens is 1. The lowest BCUT2D eigenvalue weighted by Gasteiger charge is -2.13. The van der Waals surface area contributed by atoms with E-state index in [1.54, 1.807) is 36.9 Å². The van der Waals surface area contributed by atoms with Crippen LogP contribution in [0.5, 0.6) is 5.75 Å². The average molecular weight is 435 g/mol. The molecule has 2 N–H and O–H groups in total.